The molecule has 3 rings (SSSR count). The van der Waals surface area contributed by atoms with Gasteiger partial charge in [0.05, 0.1) is 6.54 Å². The lowest BCUT2D eigenvalue weighted by Crippen LogP contribution is -2.38. The number of rotatable bonds is 4. The first-order valence-corrected chi connectivity index (χ1v) is 8.60. The molecule has 2 aromatic rings. The number of guanidine groups is 1. The molecule has 1 aromatic heterocycles. The van der Waals surface area contributed by atoms with Crippen LogP contribution >= 0.6 is 11.3 Å². The van der Waals surface area contributed by atoms with E-state index in [1.54, 1.807) is 0 Å². The van der Waals surface area contributed by atoms with Gasteiger partial charge in [-0.15, -0.1) is 11.3 Å². The average Bonchev–Trinajstić information content (AvgIpc) is 3.12. The van der Waals surface area contributed by atoms with Crippen LogP contribution in [0.15, 0.2) is 28.6 Å². The second-order valence-electron chi connectivity index (χ2n) is 5.78. The molecule has 1 aliphatic rings. The van der Waals surface area contributed by atoms with Crippen molar-refractivity contribution >= 4 is 17.3 Å². The normalized spacial score (nSPS) is 20.2. The van der Waals surface area contributed by atoms with E-state index in [9.17, 15) is 22.0 Å². The zero-order valence-corrected chi connectivity index (χ0v) is 14.4. The summed E-state index contributed by atoms with van der Waals surface area (Å²) in [5.41, 5.74) is -0.894. The standard InChI is InChI=1S/C16H15F5N4S/c1-22-15(23-6-13-25-12(7-26-13)16(19,20)21)24-11-5-8(11)14-9(17)3-2-4-10(14)18/h2-4,7-8,11H,5-6H2,1H3,(H2,22,23,24). The van der Waals surface area contributed by atoms with Gasteiger partial charge < -0.3 is 10.6 Å². The molecule has 0 amide bonds. The fourth-order valence-electron chi connectivity index (χ4n) is 2.59. The van der Waals surface area contributed by atoms with Crippen LogP contribution in [-0.4, -0.2) is 24.0 Å². The first-order valence-electron chi connectivity index (χ1n) is 7.72. The highest BCUT2D eigenvalue weighted by Crippen LogP contribution is 2.43. The number of alkyl halides is 3. The van der Waals surface area contributed by atoms with Crippen molar-refractivity contribution in [2.24, 2.45) is 4.99 Å². The summed E-state index contributed by atoms with van der Waals surface area (Å²) >= 11 is 0.889. The van der Waals surface area contributed by atoms with Crippen molar-refractivity contribution < 1.29 is 22.0 Å². The van der Waals surface area contributed by atoms with Gasteiger partial charge >= 0.3 is 6.18 Å². The predicted molar refractivity (Wildman–Crippen MR) is 88.0 cm³/mol. The van der Waals surface area contributed by atoms with Gasteiger partial charge in [-0.25, -0.2) is 13.8 Å². The largest absolute Gasteiger partial charge is 0.434 e. The quantitative estimate of drug-likeness (QED) is 0.476. The maximum atomic E-state index is 13.8. The van der Waals surface area contributed by atoms with Crippen molar-refractivity contribution in [2.75, 3.05) is 7.05 Å². The summed E-state index contributed by atoms with van der Waals surface area (Å²) in [5, 5.41) is 7.07. The Morgan fingerprint density at radius 2 is 2.00 bits per heavy atom. The van der Waals surface area contributed by atoms with E-state index in [0.717, 1.165) is 16.7 Å². The molecule has 0 spiro atoms. The summed E-state index contributed by atoms with van der Waals surface area (Å²) < 4.78 is 65.2. The Kier molecular flexibility index (Phi) is 5.12. The molecule has 4 nitrogen and oxygen atoms in total. The van der Waals surface area contributed by atoms with E-state index in [0.29, 0.717) is 12.4 Å². The zero-order valence-electron chi connectivity index (χ0n) is 13.6. The van der Waals surface area contributed by atoms with Crippen molar-refractivity contribution in [1.82, 2.24) is 15.6 Å². The third kappa shape index (κ3) is 4.12. The van der Waals surface area contributed by atoms with Gasteiger partial charge in [-0.2, -0.15) is 13.2 Å². The van der Waals surface area contributed by atoms with Crippen molar-refractivity contribution in [1.29, 1.82) is 0 Å². The van der Waals surface area contributed by atoms with Gasteiger partial charge in [-0.05, 0) is 18.6 Å². The number of nitrogens with zero attached hydrogens (tertiary/aromatic N) is 2. The third-order valence-electron chi connectivity index (χ3n) is 3.96. The molecular formula is C16H15F5N4S. The summed E-state index contributed by atoms with van der Waals surface area (Å²) in [5.74, 6) is -1.17. The van der Waals surface area contributed by atoms with Gasteiger partial charge in [-0.3, -0.25) is 4.99 Å². The van der Waals surface area contributed by atoms with Crippen LogP contribution in [0.3, 0.4) is 0 Å². The number of aliphatic imine (C=N–C) groups is 1. The fourth-order valence-corrected chi connectivity index (χ4v) is 3.33. The molecular weight excluding hydrogens is 375 g/mol. The molecule has 1 heterocycles. The monoisotopic (exact) mass is 390 g/mol. The Morgan fingerprint density at radius 3 is 2.58 bits per heavy atom. The average molecular weight is 390 g/mol. The first-order chi connectivity index (χ1) is 12.3. The maximum Gasteiger partial charge on any atom is 0.434 e. The van der Waals surface area contributed by atoms with E-state index >= 15 is 0 Å². The highest BCUT2D eigenvalue weighted by Gasteiger charge is 2.42. The van der Waals surface area contributed by atoms with Crippen LogP contribution in [0.2, 0.25) is 0 Å². The molecule has 1 aromatic carbocycles. The Balaban J connectivity index is 1.56. The number of thiazole rings is 1. The van der Waals surface area contributed by atoms with E-state index in [2.05, 4.69) is 20.6 Å². The number of hydrogen-bond acceptors (Lipinski definition) is 3. The molecule has 10 heteroatoms. The van der Waals surface area contributed by atoms with E-state index in [-0.39, 0.29) is 29.1 Å². The molecule has 0 radical (unpaired) electrons. The van der Waals surface area contributed by atoms with E-state index < -0.39 is 23.5 Å². The minimum absolute atomic E-state index is 0.0372. The van der Waals surface area contributed by atoms with Crippen LogP contribution in [0.4, 0.5) is 22.0 Å². The Hall–Kier alpha value is -2.23. The van der Waals surface area contributed by atoms with Crippen LogP contribution in [0.5, 0.6) is 0 Å². The van der Waals surface area contributed by atoms with Crippen LogP contribution in [0.1, 0.15) is 28.6 Å². The summed E-state index contributed by atoms with van der Waals surface area (Å²) in [4.78, 5) is 7.49. The molecule has 0 saturated heterocycles. The highest BCUT2D eigenvalue weighted by molar-refractivity contribution is 7.09. The summed E-state index contributed by atoms with van der Waals surface area (Å²) in [6, 6.07) is 3.53. The lowest BCUT2D eigenvalue weighted by molar-refractivity contribution is -0.140. The smallest absolute Gasteiger partial charge is 0.353 e. The minimum Gasteiger partial charge on any atom is -0.353 e. The molecule has 2 atom stereocenters. The van der Waals surface area contributed by atoms with Gasteiger partial charge in [0.1, 0.15) is 16.6 Å². The van der Waals surface area contributed by atoms with Crippen LogP contribution in [0.25, 0.3) is 0 Å². The van der Waals surface area contributed by atoms with Gasteiger partial charge in [0.25, 0.3) is 0 Å². The van der Waals surface area contributed by atoms with Crippen molar-refractivity contribution in [2.45, 2.75) is 31.1 Å². The minimum atomic E-state index is -4.47. The van der Waals surface area contributed by atoms with Crippen LogP contribution < -0.4 is 10.6 Å². The van der Waals surface area contributed by atoms with Gasteiger partial charge in [0, 0.05) is 30.0 Å². The number of aromatic nitrogens is 1. The third-order valence-corrected chi connectivity index (χ3v) is 4.80. The molecule has 0 aliphatic heterocycles. The molecule has 1 saturated carbocycles. The highest BCUT2D eigenvalue weighted by atomic mass is 32.1. The molecule has 0 bridgehead atoms. The van der Waals surface area contributed by atoms with E-state index in [4.69, 9.17) is 0 Å². The number of benzene rings is 1. The summed E-state index contributed by atoms with van der Waals surface area (Å²) in [6.07, 6.45) is -3.94. The first kappa shape index (κ1) is 18.6. The second kappa shape index (κ2) is 7.18. The SMILES string of the molecule is CN=C(NCc1nc(C(F)(F)F)cs1)NC1CC1c1c(F)cccc1F. The number of halogens is 5. The predicted octanol–water partition coefficient (Wildman–Crippen LogP) is 3.66. The van der Waals surface area contributed by atoms with Gasteiger partial charge in [-0.1, -0.05) is 6.07 Å². The molecule has 1 aliphatic carbocycles. The van der Waals surface area contributed by atoms with E-state index in [1.807, 2.05) is 0 Å². The number of hydrogen-bond donors (Lipinski definition) is 2. The molecule has 1 fully saturated rings. The van der Waals surface area contributed by atoms with E-state index in [1.165, 1.54) is 25.2 Å². The van der Waals surface area contributed by atoms with Crippen molar-refractivity contribution in [3.8, 4) is 0 Å². The topological polar surface area (TPSA) is 49.3 Å². The van der Waals surface area contributed by atoms with Gasteiger partial charge in [0.15, 0.2) is 11.7 Å². The fraction of sp³-hybridized carbons (Fsp3) is 0.375. The molecule has 2 unspecified atom stereocenters. The maximum absolute atomic E-state index is 13.8. The Labute approximate surface area is 150 Å². The van der Waals surface area contributed by atoms with Crippen molar-refractivity contribution in [3.63, 3.8) is 0 Å². The van der Waals surface area contributed by atoms with Crippen LogP contribution in [0, 0.1) is 11.6 Å². The molecule has 26 heavy (non-hydrogen) atoms. The summed E-state index contributed by atoms with van der Waals surface area (Å²) in [7, 11) is 1.50. The lowest BCUT2D eigenvalue weighted by atomic mass is 10.1. The van der Waals surface area contributed by atoms with Crippen molar-refractivity contribution in [3.05, 3.63) is 51.5 Å². The number of nitrogens with one attached hydrogen (secondary N) is 2. The lowest BCUT2D eigenvalue weighted by Gasteiger charge is -2.11. The summed E-state index contributed by atoms with van der Waals surface area (Å²) in [6.45, 7) is 0.0614. The molecule has 2 N–H and O–H groups in total. The zero-order chi connectivity index (χ0) is 18.9. The van der Waals surface area contributed by atoms with Gasteiger partial charge in [0.2, 0.25) is 0 Å². The molecule has 140 valence electrons. The Morgan fingerprint density at radius 1 is 1.31 bits per heavy atom. The second-order valence-corrected chi connectivity index (χ2v) is 6.72. The van der Waals surface area contributed by atoms with Crippen LogP contribution in [-0.2, 0) is 12.7 Å². The Bertz CT molecular complexity index is 797.